The van der Waals surface area contributed by atoms with E-state index in [0.29, 0.717) is 5.41 Å². The number of amides is 2. The molecule has 0 aliphatic heterocycles. The van der Waals surface area contributed by atoms with Crippen molar-refractivity contribution in [3.05, 3.63) is 0 Å². The number of carbonyl (C=O) groups is 1. The van der Waals surface area contributed by atoms with Crippen LogP contribution >= 0.6 is 0 Å². The third-order valence-electron chi connectivity index (χ3n) is 6.42. The van der Waals surface area contributed by atoms with E-state index in [2.05, 4.69) is 31.4 Å². The Hall–Kier alpha value is -0.730. The second-order valence-electron chi connectivity index (χ2n) is 9.30. The van der Waals surface area contributed by atoms with Crippen LogP contribution in [0.3, 0.4) is 0 Å². The van der Waals surface area contributed by atoms with Gasteiger partial charge in [-0.2, -0.15) is 0 Å². The zero-order valence-electron chi connectivity index (χ0n) is 14.7. The van der Waals surface area contributed by atoms with Crippen LogP contribution in [0.1, 0.15) is 65.7 Å². The Labute approximate surface area is 136 Å². The van der Waals surface area contributed by atoms with Crippen LogP contribution in [0.4, 0.5) is 4.79 Å². The fraction of sp³-hybridized carbons (Fsp3) is 0.947. The SMILES string of the molecule is CC1CC(CCNC(=O)NCC2CC3CC2C3)CC(C)(C)C1. The summed E-state index contributed by atoms with van der Waals surface area (Å²) in [6.07, 6.45) is 9.31. The maximum absolute atomic E-state index is 11.9. The Morgan fingerprint density at radius 3 is 2.50 bits per heavy atom. The van der Waals surface area contributed by atoms with Crippen LogP contribution in [0.15, 0.2) is 0 Å². The Balaban J connectivity index is 1.30. The predicted octanol–water partition coefficient (Wildman–Crippen LogP) is 4.18. The second-order valence-corrected chi connectivity index (χ2v) is 9.30. The summed E-state index contributed by atoms with van der Waals surface area (Å²) in [6, 6.07) is 0.0484. The minimum atomic E-state index is 0.0484. The minimum Gasteiger partial charge on any atom is -0.338 e. The van der Waals surface area contributed by atoms with Crippen LogP contribution < -0.4 is 10.6 Å². The monoisotopic (exact) mass is 306 g/mol. The zero-order valence-corrected chi connectivity index (χ0v) is 14.7. The van der Waals surface area contributed by atoms with Crippen LogP contribution in [-0.2, 0) is 0 Å². The summed E-state index contributed by atoms with van der Waals surface area (Å²) in [5.41, 5.74) is 0.480. The maximum atomic E-state index is 11.9. The molecule has 4 fully saturated rings. The third kappa shape index (κ3) is 3.97. The van der Waals surface area contributed by atoms with Gasteiger partial charge in [0.1, 0.15) is 0 Å². The molecule has 2 bridgehead atoms. The van der Waals surface area contributed by atoms with Gasteiger partial charge in [0, 0.05) is 13.1 Å². The molecule has 3 heteroatoms. The maximum Gasteiger partial charge on any atom is 0.314 e. The van der Waals surface area contributed by atoms with Gasteiger partial charge in [-0.05, 0) is 80.0 Å². The lowest BCUT2D eigenvalue weighted by Crippen LogP contribution is -2.40. The number of rotatable bonds is 5. The van der Waals surface area contributed by atoms with Crippen LogP contribution in [0.5, 0.6) is 0 Å². The molecule has 4 aliphatic rings. The first-order valence-electron chi connectivity index (χ1n) is 9.43. The predicted molar refractivity (Wildman–Crippen MR) is 90.6 cm³/mol. The Morgan fingerprint density at radius 2 is 1.86 bits per heavy atom. The molecule has 3 unspecified atom stereocenters. The van der Waals surface area contributed by atoms with Crippen molar-refractivity contribution in [1.29, 1.82) is 0 Å². The molecule has 2 amide bonds. The van der Waals surface area contributed by atoms with Gasteiger partial charge in [-0.15, -0.1) is 0 Å². The van der Waals surface area contributed by atoms with Gasteiger partial charge in [0.15, 0.2) is 0 Å². The first kappa shape index (κ1) is 16.1. The van der Waals surface area contributed by atoms with Crippen LogP contribution in [0.2, 0.25) is 0 Å². The molecule has 4 saturated carbocycles. The summed E-state index contributed by atoms with van der Waals surface area (Å²) in [5.74, 6) is 4.26. The fourth-order valence-electron chi connectivity index (χ4n) is 5.68. The molecule has 3 atom stereocenters. The normalized spacial score (nSPS) is 39.1. The standard InChI is InChI=1S/C19H34N2O/c1-13-6-14(11-19(2,3)10-13)4-5-20-18(22)21-12-17-9-15-7-16(17)8-15/h13-17H,4-12H2,1-3H3,(H2,20,21,22). The molecule has 0 aromatic rings. The van der Waals surface area contributed by atoms with E-state index in [1.54, 1.807) is 0 Å². The molecule has 0 aromatic carbocycles. The van der Waals surface area contributed by atoms with Crippen molar-refractivity contribution in [2.24, 2.45) is 35.0 Å². The first-order valence-corrected chi connectivity index (χ1v) is 9.43. The van der Waals surface area contributed by atoms with Crippen LogP contribution in [0, 0.1) is 35.0 Å². The molecule has 126 valence electrons. The topological polar surface area (TPSA) is 41.1 Å². The summed E-state index contributed by atoms with van der Waals surface area (Å²) >= 11 is 0. The van der Waals surface area contributed by atoms with Gasteiger partial charge in [0.05, 0.1) is 0 Å². The van der Waals surface area contributed by atoms with Gasteiger partial charge < -0.3 is 10.6 Å². The van der Waals surface area contributed by atoms with Crippen molar-refractivity contribution in [2.45, 2.75) is 65.7 Å². The Bertz CT molecular complexity index is 400. The van der Waals surface area contributed by atoms with E-state index in [1.165, 1.54) is 38.5 Å². The van der Waals surface area contributed by atoms with E-state index in [0.717, 1.165) is 49.1 Å². The number of hydrogen-bond acceptors (Lipinski definition) is 1. The van der Waals surface area contributed by atoms with Crippen LogP contribution in [-0.4, -0.2) is 19.1 Å². The van der Waals surface area contributed by atoms with Crippen LogP contribution in [0.25, 0.3) is 0 Å². The molecule has 2 N–H and O–H groups in total. The van der Waals surface area contributed by atoms with E-state index in [4.69, 9.17) is 0 Å². The molecule has 0 aromatic heterocycles. The smallest absolute Gasteiger partial charge is 0.314 e. The van der Waals surface area contributed by atoms with Crippen molar-refractivity contribution in [3.63, 3.8) is 0 Å². The summed E-state index contributed by atoms with van der Waals surface area (Å²) in [7, 11) is 0. The van der Waals surface area contributed by atoms with Crippen molar-refractivity contribution >= 4 is 6.03 Å². The molecule has 4 rings (SSSR count). The highest BCUT2D eigenvalue weighted by molar-refractivity contribution is 5.73. The summed E-state index contributed by atoms with van der Waals surface area (Å²) in [6.45, 7) is 8.88. The van der Waals surface area contributed by atoms with Gasteiger partial charge in [-0.25, -0.2) is 4.79 Å². The van der Waals surface area contributed by atoms with Gasteiger partial charge in [0.2, 0.25) is 0 Å². The largest absolute Gasteiger partial charge is 0.338 e. The van der Waals surface area contributed by atoms with E-state index < -0.39 is 0 Å². The molecule has 4 aliphatic carbocycles. The molecule has 0 heterocycles. The molecule has 0 saturated heterocycles. The third-order valence-corrected chi connectivity index (χ3v) is 6.42. The quantitative estimate of drug-likeness (QED) is 0.786. The highest BCUT2D eigenvalue weighted by Gasteiger charge is 2.43. The summed E-state index contributed by atoms with van der Waals surface area (Å²) in [4.78, 5) is 11.9. The molecule has 3 nitrogen and oxygen atoms in total. The number of nitrogens with one attached hydrogen (secondary N) is 2. The average molecular weight is 306 g/mol. The minimum absolute atomic E-state index is 0.0484. The summed E-state index contributed by atoms with van der Waals surface area (Å²) in [5, 5.41) is 6.17. The first-order chi connectivity index (χ1) is 10.4. The van der Waals surface area contributed by atoms with Gasteiger partial charge in [-0.3, -0.25) is 0 Å². The highest BCUT2D eigenvalue weighted by Crippen LogP contribution is 2.52. The molecule has 0 radical (unpaired) electrons. The lowest BCUT2D eigenvalue weighted by Gasteiger charge is -2.39. The van der Waals surface area contributed by atoms with E-state index in [-0.39, 0.29) is 6.03 Å². The van der Waals surface area contributed by atoms with E-state index in [1.807, 2.05) is 0 Å². The van der Waals surface area contributed by atoms with Crippen molar-refractivity contribution in [2.75, 3.05) is 13.1 Å². The van der Waals surface area contributed by atoms with Gasteiger partial charge in [0.25, 0.3) is 0 Å². The van der Waals surface area contributed by atoms with Crippen molar-refractivity contribution in [1.82, 2.24) is 10.6 Å². The molecule has 0 spiro atoms. The Kier molecular flexibility index (Phi) is 4.70. The Morgan fingerprint density at radius 1 is 1.09 bits per heavy atom. The van der Waals surface area contributed by atoms with Gasteiger partial charge in [-0.1, -0.05) is 20.8 Å². The van der Waals surface area contributed by atoms with E-state index in [9.17, 15) is 4.79 Å². The molecular weight excluding hydrogens is 272 g/mol. The number of urea groups is 1. The number of fused-ring (bicyclic) bond motifs is 1. The lowest BCUT2D eigenvalue weighted by molar-refractivity contribution is 0.127. The van der Waals surface area contributed by atoms with Crippen molar-refractivity contribution < 1.29 is 4.79 Å². The summed E-state index contributed by atoms with van der Waals surface area (Å²) < 4.78 is 0. The second kappa shape index (κ2) is 6.41. The van der Waals surface area contributed by atoms with E-state index >= 15 is 0 Å². The van der Waals surface area contributed by atoms with Gasteiger partial charge >= 0.3 is 6.03 Å². The number of hydrogen-bond donors (Lipinski definition) is 2. The lowest BCUT2D eigenvalue weighted by atomic mass is 9.67. The number of carbonyl (C=O) groups excluding carboxylic acids is 1. The van der Waals surface area contributed by atoms with Crippen molar-refractivity contribution in [3.8, 4) is 0 Å². The zero-order chi connectivity index (χ0) is 15.7. The average Bonchev–Trinajstić information content (AvgIpc) is 2.92. The molecular formula is C19H34N2O. The highest BCUT2D eigenvalue weighted by atomic mass is 16.2. The fourth-order valence-corrected chi connectivity index (χ4v) is 5.68. The molecule has 22 heavy (non-hydrogen) atoms.